The van der Waals surface area contributed by atoms with Gasteiger partial charge in [-0.05, 0) is 60.7 Å². The van der Waals surface area contributed by atoms with Crippen molar-refractivity contribution in [3.63, 3.8) is 0 Å². The Morgan fingerprint density at radius 1 is 0.966 bits per heavy atom. The summed E-state index contributed by atoms with van der Waals surface area (Å²) in [4.78, 5) is 27.6. The minimum absolute atomic E-state index is 0.204. The summed E-state index contributed by atoms with van der Waals surface area (Å²) in [6.45, 7) is -0.204. The number of aromatic nitrogens is 2. The van der Waals surface area contributed by atoms with Crippen LogP contribution in [0.15, 0.2) is 79.1 Å². The summed E-state index contributed by atoms with van der Waals surface area (Å²) < 4.78 is 7.18. The molecule has 4 rings (SSSR count). The molecular formula is C22H18N4O3. The Morgan fingerprint density at radius 3 is 2.41 bits per heavy atom. The van der Waals surface area contributed by atoms with Crippen LogP contribution >= 0.6 is 0 Å². The average Bonchev–Trinajstić information content (AvgIpc) is 3.17. The van der Waals surface area contributed by atoms with Crippen LogP contribution in [0, 0.1) is 0 Å². The van der Waals surface area contributed by atoms with E-state index in [0.717, 1.165) is 16.7 Å². The van der Waals surface area contributed by atoms with Crippen LogP contribution in [0.5, 0.6) is 5.75 Å². The van der Waals surface area contributed by atoms with E-state index in [4.69, 9.17) is 10.5 Å². The second-order valence-electron chi connectivity index (χ2n) is 6.38. The minimum atomic E-state index is -0.557. The average molecular weight is 386 g/mol. The standard InChI is InChI=1S/C22H18N4O3/c23-21(27)13-29-18-11-5-15(6-12-18)22(28)25-16-7-9-17(10-8-16)26-14-24-19-3-1-2-4-20(19)26/h1-12,14H,13H2,(H2,23,27)(H,25,28). The molecule has 0 radical (unpaired) electrons. The van der Waals surface area contributed by atoms with E-state index < -0.39 is 5.91 Å². The van der Waals surface area contributed by atoms with Crippen LogP contribution in [-0.4, -0.2) is 28.0 Å². The van der Waals surface area contributed by atoms with E-state index in [1.54, 1.807) is 30.6 Å². The van der Waals surface area contributed by atoms with Gasteiger partial charge in [0.2, 0.25) is 0 Å². The lowest BCUT2D eigenvalue weighted by atomic mass is 10.2. The summed E-state index contributed by atoms with van der Waals surface area (Å²) in [7, 11) is 0. The molecule has 0 bridgehead atoms. The number of anilines is 1. The lowest BCUT2D eigenvalue weighted by molar-refractivity contribution is -0.119. The molecule has 2 amide bonds. The number of nitrogens with zero attached hydrogens (tertiary/aromatic N) is 2. The number of primary amides is 1. The molecule has 0 aliphatic heterocycles. The largest absolute Gasteiger partial charge is 0.484 e. The van der Waals surface area contributed by atoms with Crippen LogP contribution in [0.1, 0.15) is 10.4 Å². The highest BCUT2D eigenvalue weighted by Crippen LogP contribution is 2.20. The zero-order valence-corrected chi connectivity index (χ0v) is 15.4. The van der Waals surface area contributed by atoms with E-state index in [-0.39, 0.29) is 12.5 Å². The third-order valence-electron chi connectivity index (χ3n) is 4.35. The fourth-order valence-electron chi connectivity index (χ4n) is 2.93. The molecule has 0 spiro atoms. The highest BCUT2D eigenvalue weighted by Gasteiger charge is 2.08. The maximum Gasteiger partial charge on any atom is 0.255 e. The van der Waals surface area contributed by atoms with Crippen LogP contribution < -0.4 is 15.8 Å². The predicted octanol–water partition coefficient (Wildman–Crippen LogP) is 3.14. The third-order valence-corrected chi connectivity index (χ3v) is 4.35. The Labute approximate surface area is 166 Å². The van der Waals surface area contributed by atoms with Gasteiger partial charge >= 0.3 is 0 Å². The van der Waals surface area contributed by atoms with Crippen molar-refractivity contribution in [2.24, 2.45) is 5.73 Å². The number of rotatable bonds is 6. The summed E-state index contributed by atoms with van der Waals surface area (Å²) in [5.74, 6) is -0.330. The Hall–Kier alpha value is -4.13. The van der Waals surface area contributed by atoms with Crippen molar-refractivity contribution in [3.05, 3.63) is 84.7 Å². The highest BCUT2D eigenvalue weighted by molar-refractivity contribution is 6.04. The van der Waals surface area contributed by atoms with E-state index in [1.165, 1.54) is 0 Å². The quantitative estimate of drug-likeness (QED) is 0.532. The number of ether oxygens (including phenoxy) is 1. The molecule has 3 aromatic carbocycles. The molecule has 4 aromatic rings. The first-order chi connectivity index (χ1) is 14.1. The van der Waals surface area contributed by atoms with E-state index in [2.05, 4.69) is 10.3 Å². The van der Waals surface area contributed by atoms with Gasteiger partial charge in [-0.3, -0.25) is 14.2 Å². The summed E-state index contributed by atoms with van der Waals surface area (Å²) in [5.41, 5.74) is 9.08. The van der Waals surface area contributed by atoms with Gasteiger partial charge in [0, 0.05) is 16.9 Å². The number of benzene rings is 3. The van der Waals surface area contributed by atoms with Crippen LogP contribution in [0.4, 0.5) is 5.69 Å². The monoisotopic (exact) mass is 386 g/mol. The maximum absolute atomic E-state index is 12.4. The summed E-state index contributed by atoms with van der Waals surface area (Å²) in [5, 5.41) is 2.86. The lowest BCUT2D eigenvalue weighted by Crippen LogP contribution is -2.20. The van der Waals surface area contributed by atoms with E-state index in [0.29, 0.717) is 17.0 Å². The molecule has 0 fully saturated rings. The molecule has 0 atom stereocenters. The van der Waals surface area contributed by atoms with Gasteiger partial charge in [0.1, 0.15) is 12.1 Å². The number of amides is 2. The number of carbonyl (C=O) groups excluding carboxylic acids is 2. The normalized spacial score (nSPS) is 10.6. The smallest absolute Gasteiger partial charge is 0.255 e. The molecule has 1 aromatic heterocycles. The van der Waals surface area contributed by atoms with Crippen molar-refractivity contribution in [3.8, 4) is 11.4 Å². The SMILES string of the molecule is NC(=O)COc1ccc(C(=O)Nc2ccc(-n3cnc4ccccc43)cc2)cc1. The molecule has 1 heterocycles. The Balaban J connectivity index is 1.44. The molecule has 3 N–H and O–H groups in total. The maximum atomic E-state index is 12.4. The molecule has 0 unspecified atom stereocenters. The number of hydrogen-bond acceptors (Lipinski definition) is 4. The summed E-state index contributed by atoms with van der Waals surface area (Å²) in [6.07, 6.45) is 1.78. The number of carbonyl (C=O) groups is 2. The Bertz CT molecular complexity index is 1160. The number of fused-ring (bicyclic) bond motifs is 1. The van der Waals surface area contributed by atoms with Gasteiger partial charge in [-0.1, -0.05) is 12.1 Å². The lowest BCUT2D eigenvalue weighted by Gasteiger charge is -2.09. The zero-order chi connectivity index (χ0) is 20.2. The molecule has 144 valence electrons. The number of para-hydroxylation sites is 2. The van der Waals surface area contributed by atoms with Crippen molar-refractivity contribution in [1.82, 2.24) is 9.55 Å². The molecule has 29 heavy (non-hydrogen) atoms. The van der Waals surface area contributed by atoms with Crippen molar-refractivity contribution in [2.45, 2.75) is 0 Å². The topological polar surface area (TPSA) is 99.2 Å². The molecule has 7 heteroatoms. The van der Waals surface area contributed by atoms with Crippen LogP contribution in [0.2, 0.25) is 0 Å². The van der Waals surface area contributed by atoms with Crippen LogP contribution in [0.25, 0.3) is 16.7 Å². The highest BCUT2D eigenvalue weighted by atomic mass is 16.5. The summed E-state index contributed by atoms with van der Waals surface area (Å²) >= 11 is 0. The minimum Gasteiger partial charge on any atom is -0.484 e. The fourth-order valence-corrected chi connectivity index (χ4v) is 2.93. The number of nitrogens with one attached hydrogen (secondary N) is 1. The second-order valence-corrected chi connectivity index (χ2v) is 6.38. The fraction of sp³-hybridized carbons (Fsp3) is 0.0455. The van der Waals surface area contributed by atoms with Gasteiger partial charge in [0.15, 0.2) is 6.61 Å². The molecular weight excluding hydrogens is 368 g/mol. The van der Waals surface area contributed by atoms with E-state index in [1.807, 2.05) is 53.1 Å². The number of hydrogen-bond donors (Lipinski definition) is 2. The Kier molecular flexibility index (Phi) is 4.94. The van der Waals surface area contributed by atoms with Gasteiger partial charge in [-0.2, -0.15) is 0 Å². The molecule has 0 aliphatic carbocycles. The van der Waals surface area contributed by atoms with Crippen molar-refractivity contribution < 1.29 is 14.3 Å². The number of imidazole rings is 1. The van der Waals surface area contributed by atoms with E-state index in [9.17, 15) is 9.59 Å². The molecule has 0 saturated carbocycles. The van der Waals surface area contributed by atoms with Gasteiger partial charge < -0.3 is 15.8 Å². The molecule has 0 aliphatic rings. The van der Waals surface area contributed by atoms with Crippen LogP contribution in [-0.2, 0) is 4.79 Å². The van der Waals surface area contributed by atoms with Crippen LogP contribution in [0.3, 0.4) is 0 Å². The Morgan fingerprint density at radius 2 is 1.69 bits per heavy atom. The van der Waals surface area contributed by atoms with Gasteiger partial charge in [-0.15, -0.1) is 0 Å². The molecule has 7 nitrogen and oxygen atoms in total. The number of nitrogens with two attached hydrogens (primary N) is 1. The predicted molar refractivity (Wildman–Crippen MR) is 110 cm³/mol. The molecule has 0 saturated heterocycles. The van der Waals surface area contributed by atoms with Crippen molar-refractivity contribution >= 4 is 28.5 Å². The first kappa shape index (κ1) is 18.2. The van der Waals surface area contributed by atoms with E-state index >= 15 is 0 Å². The van der Waals surface area contributed by atoms with Gasteiger partial charge in [0.05, 0.1) is 11.0 Å². The van der Waals surface area contributed by atoms with Gasteiger partial charge in [0.25, 0.3) is 11.8 Å². The van der Waals surface area contributed by atoms with Gasteiger partial charge in [-0.25, -0.2) is 4.98 Å². The van der Waals surface area contributed by atoms with Crippen molar-refractivity contribution in [2.75, 3.05) is 11.9 Å². The first-order valence-electron chi connectivity index (χ1n) is 8.95. The third kappa shape index (κ3) is 4.08. The first-order valence-corrected chi connectivity index (χ1v) is 8.95. The zero-order valence-electron chi connectivity index (χ0n) is 15.4. The van der Waals surface area contributed by atoms with Crippen molar-refractivity contribution in [1.29, 1.82) is 0 Å². The second kappa shape index (κ2) is 7.85. The summed E-state index contributed by atoms with van der Waals surface area (Å²) in [6, 6.07) is 21.9.